The number of amides is 1. The predicted molar refractivity (Wildman–Crippen MR) is 102 cm³/mol. The highest BCUT2D eigenvalue weighted by Gasteiger charge is 2.27. The lowest BCUT2D eigenvalue weighted by molar-refractivity contribution is -0.120. The van der Waals surface area contributed by atoms with Gasteiger partial charge in [0, 0.05) is 25.0 Å². The van der Waals surface area contributed by atoms with E-state index in [0.717, 1.165) is 34.9 Å². The first-order valence-electron chi connectivity index (χ1n) is 8.63. The van der Waals surface area contributed by atoms with Crippen LogP contribution in [0.5, 0.6) is 0 Å². The third-order valence-electron chi connectivity index (χ3n) is 4.66. The molecular weight excluding hydrogens is 351 g/mol. The number of pyridine rings is 1. The van der Waals surface area contributed by atoms with Crippen LogP contribution in [0.25, 0.3) is 10.3 Å². The standard InChI is InChI=1S/C19H19FN4OS/c1-12-6-7-14(10-15(12)20)22-17(25)13-4-3-9-24(11-13)19-23-16-5-2-8-21-18(16)26-19/h2,5-8,10,13H,3-4,9,11H2,1H3,(H,22,25)/t13-/m1/s1. The van der Waals surface area contributed by atoms with E-state index < -0.39 is 0 Å². The summed E-state index contributed by atoms with van der Waals surface area (Å²) in [5.41, 5.74) is 1.95. The summed E-state index contributed by atoms with van der Waals surface area (Å²) in [6.45, 7) is 3.19. The summed E-state index contributed by atoms with van der Waals surface area (Å²) in [7, 11) is 0. The van der Waals surface area contributed by atoms with Crippen molar-refractivity contribution in [2.24, 2.45) is 5.92 Å². The number of benzene rings is 1. The van der Waals surface area contributed by atoms with Crippen LogP contribution in [0, 0.1) is 18.7 Å². The highest BCUT2D eigenvalue weighted by atomic mass is 32.1. The fraction of sp³-hybridized carbons (Fsp3) is 0.316. The Morgan fingerprint density at radius 1 is 1.38 bits per heavy atom. The Balaban J connectivity index is 1.47. The van der Waals surface area contributed by atoms with Crippen LogP contribution in [0.3, 0.4) is 0 Å². The molecule has 3 aromatic rings. The van der Waals surface area contributed by atoms with Crippen molar-refractivity contribution < 1.29 is 9.18 Å². The summed E-state index contributed by atoms with van der Waals surface area (Å²) in [5, 5.41) is 3.74. The van der Waals surface area contributed by atoms with Crippen LogP contribution in [-0.4, -0.2) is 29.0 Å². The Morgan fingerprint density at radius 3 is 3.08 bits per heavy atom. The second kappa shape index (κ2) is 6.99. The Labute approximate surface area is 154 Å². The summed E-state index contributed by atoms with van der Waals surface area (Å²) in [6.07, 6.45) is 3.50. The summed E-state index contributed by atoms with van der Waals surface area (Å²) < 4.78 is 13.7. The Morgan fingerprint density at radius 2 is 2.27 bits per heavy atom. The summed E-state index contributed by atoms with van der Waals surface area (Å²) >= 11 is 1.55. The largest absolute Gasteiger partial charge is 0.347 e. The molecule has 1 aromatic carbocycles. The SMILES string of the molecule is Cc1ccc(NC(=O)[C@@H]2CCCN(c3nc4cccnc4s3)C2)cc1F. The Kier molecular flexibility index (Phi) is 4.55. The van der Waals surface area contributed by atoms with Gasteiger partial charge in [-0.05, 0) is 49.6 Å². The zero-order chi connectivity index (χ0) is 18.1. The topological polar surface area (TPSA) is 58.1 Å². The number of aromatic nitrogens is 2. The van der Waals surface area contributed by atoms with E-state index in [4.69, 9.17) is 0 Å². The summed E-state index contributed by atoms with van der Waals surface area (Å²) in [4.78, 5) is 24.7. The quantitative estimate of drug-likeness (QED) is 0.757. The molecule has 0 saturated carbocycles. The number of carbonyl (C=O) groups excluding carboxylic acids is 1. The molecular formula is C19H19FN4OS. The fourth-order valence-electron chi connectivity index (χ4n) is 3.17. The zero-order valence-electron chi connectivity index (χ0n) is 14.4. The molecule has 0 radical (unpaired) electrons. The van der Waals surface area contributed by atoms with Crippen LogP contribution in [-0.2, 0) is 4.79 Å². The lowest BCUT2D eigenvalue weighted by Gasteiger charge is -2.31. The molecule has 134 valence electrons. The molecule has 0 spiro atoms. The third-order valence-corrected chi connectivity index (χ3v) is 5.70. The van der Waals surface area contributed by atoms with Gasteiger partial charge in [-0.3, -0.25) is 4.79 Å². The van der Waals surface area contributed by atoms with Crippen molar-refractivity contribution in [1.29, 1.82) is 0 Å². The summed E-state index contributed by atoms with van der Waals surface area (Å²) in [5.74, 6) is -0.527. The minimum atomic E-state index is -0.310. The van der Waals surface area contributed by atoms with Crippen LogP contribution >= 0.6 is 11.3 Å². The molecule has 1 aliphatic heterocycles. The van der Waals surface area contributed by atoms with Crippen molar-refractivity contribution >= 4 is 38.4 Å². The maximum Gasteiger partial charge on any atom is 0.229 e. The average Bonchev–Trinajstić information content (AvgIpc) is 3.09. The maximum atomic E-state index is 13.7. The number of halogens is 1. The number of rotatable bonds is 3. The van der Waals surface area contributed by atoms with Gasteiger partial charge in [0.1, 0.15) is 16.2 Å². The number of hydrogen-bond donors (Lipinski definition) is 1. The molecule has 1 amide bonds. The van der Waals surface area contributed by atoms with E-state index in [9.17, 15) is 9.18 Å². The monoisotopic (exact) mass is 370 g/mol. The highest BCUT2D eigenvalue weighted by molar-refractivity contribution is 7.21. The summed E-state index contributed by atoms with van der Waals surface area (Å²) in [6, 6.07) is 8.59. The first-order valence-corrected chi connectivity index (χ1v) is 9.45. The minimum absolute atomic E-state index is 0.0720. The molecule has 1 N–H and O–H groups in total. The van der Waals surface area contributed by atoms with Crippen molar-refractivity contribution in [2.75, 3.05) is 23.3 Å². The van der Waals surface area contributed by atoms with Gasteiger partial charge in [0.25, 0.3) is 0 Å². The number of nitrogens with zero attached hydrogens (tertiary/aromatic N) is 3. The van der Waals surface area contributed by atoms with Gasteiger partial charge in [0.05, 0.1) is 5.92 Å². The van der Waals surface area contributed by atoms with Crippen molar-refractivity contribution in [1.82, 2.24) is 9.97 Å². The van der Waals surface area contributed by atoms with Gasteiger partial charge in [-0.15, -0.1) is 0 Å². The van der Waals surface area contributed by atoms with E-state index in [2.05, 4.69) is 20.2 Å². The van der Waals surface area contributed by atoms with Crippen LogP contribution in [0.1, 0.15) is 18.4 Å². The number of thiazole rings is 1. The van der Waals surface area contributed by atoms with Crippen molar-refractivity contribution in [2.45, 2.75) is 19.8 Å². The average molecular weight is 370 g/mol. The van der Waals surface area contributed by atoms with Gasteiger partial charge in [-0.25, -0.2) is 14.4 Å². The first-order chi connectivity index (χ1) is 12.6. The molecule has 2 aromatic heterocycles. The van der Waals surface area contributed by atoms with E-state index in [1.54, 1.807) is 36.6 Å². The number of carbonyl (C=O) groups is 1. The zero-order valence-corrected chi connectivity index (χ0v) is 15.2. The number of nitrogens with one attached hydrogen (secondary N) is 1. The van der Waals surface area contributed by atoms with Crippen LogP contribution < -0.4 is 10.2 Å². The lowest BCUT2D eigenvalue weighted by atomic mass is 9.97. The Hall–Kier alpha value is -2.54. The first kappa shape index (κ1) is 16.9. The molecule has 3 heterocycles. The second-order valence-electron chi connectivity index (χ2n) is 6.56. The van der Waals surface area contributed by atoms with E-state index in [1.807, 2.05) is 12.1 Å². The van der Waals surface area contributed by atoms with Gasteiger partial charge < -0.3 is 10.2 Å². The van der Waals surface area contributed by atoms with Crippen LogP contribution in [0.4, 0.5) is 15.2 Å². The highest BCUT2D eigenvalue weighted by Crippen LogP contribution is 2.30. The molecule has 0 unspecified atom stereocenters. The number of fused-ring (bicyclic) bond motifs is 1. The molecule has 0 bridgehead atoms. The van der Waals surface area contributed by atoms with Crippen molar-refractivity contribution in [3.8, 4) is 0 Å². The van der Waals surface area contributed by atoms with E-state index >= 15 is 0 Å². The van der Waals surface area contributed by atoms with Crippen molar-refractivity contribution in [3.63, 3.8) is 0 Å². The Bertz CT molecular complexity index is 925. The predicted octanol–water partition coefficient (Wildman–Crippen LogP) is 3.99. The lowest BCUT2D eigenvalue weighted by Crippen LogP contribution is -2.40. The van der Waals surface area contributed by atoms with Gasteiger partial charge >= 0.3 is 0 Å². The van der Waals surface area contributed by atoms with Gasteiger partial charge in [-0.2, -0.15) is 0 Å². The molecule has 0 aliphatic carbocycles. The minimum Gasteiger partial charge on any atom is -0.347 e. The number of aryl methyl sites for hydroxylation is 1. The molecule has 7 heteroatoms. The fourth-order valence-corrected chi connectivity index (χ4v) is 4.12. The normalized spacial score (nSPS) is 17.5. The van der Waals surface area contributed by atoms with E-state index in [-0.39, 0.29) is 17.6 Å². The molecule has 26 heavy (non-hydrogen) atoms. The smallest absolute Gasteiger partial charge is 0.229 e. The molecule has 5 nitrogen and oxygen atoms in total. The number of anilines is 2. The van der Waals surface area contributed by atoms with Crippen molar-refractivity contribution in [3.05, 3.63) is 47.9 Å². The van der Waals surface area contributed by atoms with Crippen LogP contribution in [0.15, 0.2) is 36.5 Å². The maximum absolute atomic E-state index is 13.7. The molecule has 1 saturated heterocycles. The third kappa shape index (κ3) is 3.39. The number of hydrogen-bond acceptors (Lipinski definition) is 5. The van der Waals surface area contributed by atoms with Gasteiger partial charge in [0.15, 0.2) is 5.13 Å². The molecule has 1 fully saturated rings. The van der Waals surface area contributed by atoms with Gasteiger partial charge in [-0.1, -0.05) is 17.4 Å². The second-order valence-corrected chi connectivity index (χ2v) is 7.52. The molecule has 1 aliphatic rings. The number of piperidine rings is 1. The van der Waals surface area contributed by atoms with E-state index in [1.165, 1.54) is 6.07 Å². The van der Waals surface area contributed by atoms with E-state index in [0.29, 0.717) is 17.8 Å². The molecule has 4 rings (SSSR count). The van der Waals surface area contributed by atoms with Crippen LogP contribution in [0.2, 0.25) is 0 Å². The molecule has 1 atom stereocenters. The van der Waals surface area contributed by atoms with Gasteiger partial charge in [0.2, 0.25) is 5.91 Å².